The second kappa shape index (κ2) is 6.11. The van der Waals surface area contributed by atoms with Crippen molar-refractivity contribution in [3.63, 3.8) is 0 Å². The first-order chi connectivity index (χ1) is 11.6. The van der Waals surface area contributed by atoms with Gasteiger partial charge in [-0.15, -0.1) is 11.8 Å². The van der Waals surface area contributed by atoms with Crippen LogP contribution in [0.3, 0.4) is 0 Å². The molecule has 2 atom stereocenters. The van der Waals surface area contributed by atoms with Gasteiger partial charge < -0.3 is 9.52 Å². The summed E-state index contributed by atoms with van der Waals surface area (Å²) in [5.74, 6) is 0. The van der Waals surface area contributed by atoms with Gasteiger partial charge in [-0.3, -0.25) is 0 Å². The fourth-order valence-electron chi connectivity index (χ4n) is 3.38. The van der Waals surface area contributed by atoms with E-state index in [1.165, 1.54) is 6.07 Å². The van der Waals surface area contributed by atoms with Crippen LogP contribution < -0.4 is 5.63 Å². The van der Waals surface area contributed by atoms with Gasteiger partial charge in [0.15, 0.2) is 0 Å². The van der Waals surface area contributed by atoms with Gasteiger partial charge in [0.25, 0.3) is 0 Å². The fourth-order valence-corrected chi connectivity index (χ4v) is 4.55. The van der Waals surface area contributed by atoms with Crippen LogP contribution in [0.1, 0.15) is 16.7 Å². The van der Waals surface area contributed by atoms with Crippen LogP contribution in [0.5, 0.6) is 0 Å². The predicted molar refractivity (Wildman–Crippen MR) is 96.7 cm³/mol. The molecule has 0 saturated carbocycles. The monoisotopic (exact) mass is 338 g/mol. The van der Waals surface area contributed by atoms with Gasteiger partial charge in [-0.05, 0) is 43.0 Å². The third kappa shape index (κ3) is 2.76. The van der Waals surface area contributed by atoms with E-state index in [1.807, 2.05) is 31.2 Å². The van der Waals surface area contributed by atoms with Gasteiger partial charge in [0.1, 0.15) is 5.58 Å². The summed E-state index contributed by atoms with van der Waals surface area (Å²) in [6, 6.07) is 15.7. The van der Waals surface area contributed by atoms with Gasteiger partial charge in [0.05, 0.1) is 6.10 Å². The van der Waals surface area contributed by atoms with E-state index in [4.69, 9.17) is 4.42 Å². The molecule has 1 aromatic heterocycles. The molecule has 1 N–H and O–H groups in total. The van der Waals surface area contributed by atoms with Crippen molar-refractivity contribution in [1.82, 2.24) is 0 Å². The van der Waals surface area contributed by atoms with E-state index in [9.17, 15) is 9.90 Å². The average Bonchev–Trinajstić information content (AvgIpc) is 2.56. The molecule has 0 amide bonds. The van der Waals surface area contributed by atoms with Crippen molar-refractivity contribution in [2.75, 3.05) is 0 Å². The lowest BCUT2D eigenvalue weighted by atomic mass is 9.87. The molecule has 0 aliphatic heterocycles. The zero-order valence-corrected chi connectivity index (χ0v) is 14.2. The van der Waals surface area contributed by atoms with Crippen molar-refractivity contribution in [1.29, 1.82) is 0 Å². The smallest absolute Gasteiger partial charge is 0.336 e. The van der Waals surface area contributed by atoms with Crippen LogP contribution >= 0.6 is 11.8 Å². The van der Waals surface area contributed by atoms with E-state index in [-0.39, 0.29) is 10.9 Å². The minimum absolute atomic E-state index is 0.0521. The van der Waals surface area contributed by atoms with Crippen LogP contribution in [-0.2, 0) is 12.8 Å². The van der Waals surface area contributed by atoms with Crippen molar-refractivity contribution in [2.24, 2.45) is 0 Å². The highest BCUT2D eigenvalue weighted by Crippen LogP contribution is 2.36. The number of rotatable bonds is 2. The normalized spacial score (nSPS) is 20.1. The molecule has 3 aromatic rings. The van der Waals surface area contributed by atoms with Gasteiger partial charge >= 0.3 is 5.63 Å². The van der Waals surface area contributed by atoms with E-state index < -0.39 is 6.10 Å². The lowest BCUT2D eigenvalue weighted by Gasteiger charge is -2.29. The highest BCUT2D eigenvalue weighted by Gasteiger charge is 2.30. The maximum Gasteiger partial charge on any atom is 0.336 e. The van der Waals surface area contributed by atoms with Gasteiger partial charge in [0, 0.05) is 27.2 Å². The molecule has 122 valence electrons. The molecule has 4 heteroatoms. The Morgan fingerprint density at radius 3 is 2.71 bits per heavy atom. The number of hydrogen-bond donors (Lipinski definition) is 1. The summed E-state index contributed by atoms with van der Waals surface area (Å²) >= 11 is 1.68. The lowest BCUT2D eigenvalue weighted by Crippen LogP contribution is -2.32. The molecule has 0 bridgehead atoms. The molecule has 0 spiro atoms. The standard InChI is InChI=1S/C20H18O3S/c1-12-9-19(22)23-20-15(12)8-7-13-10-17(21)18(11-16(13)20)24-14-5-3-2-4-6-14/h2-9,17-18,21H,10-11H2,1H3. The minimum Gasteiger partial charge on any atom is -0.422 e. The SMILES string of the molecule is Cc1cc(=O)oc2c3c(ccc12)CC(O)C(Sc1ccccc1)C3. The molecule has 1 aliphatic rings. The number of benzene rings is 2. The summed E-state index contributed by atoms with van der Waals surface area (Å²) in [5, 5.41) is 11.6. The summed E-state index contributed by atoms with van der Waals surface area (Å²) in [6.07, 6.45) is 0.879. The highest BCUT2D eigenvalue weighted by molar-refractivity contribution is 8.00. The molecule has 2 unspecified atom stereocenters. The van der Waals surface area contributed by atoms with E-state index in [0.717, 1.165) is 27.0 Å². The second-order valence-corrected chi connectivity index (χ2v) is 7.59. The molecular formula is C20H18O3S. The lowest BCUT2D eigenvalue weighted by molar-refractivity contribution is 0.165. The number of fused-ring (bicyclic) bond motifs is 3. The predicted octanol–water partition coefficient (Wildman–Crippen LogP) is 3.72. The van der Waals surface area contributed by atoms with Crippen molar-refractivity contribution in [3.05, 3.63) is 75.6 Å². The van der Waals surface area contributed by atoms with E-state index >= 15 is 0 Å². The fraction of sp³-hybridized carbons (Fsp3) is 0.250. The summed E-state index contributed by atoms with van der Waals surface area (Å²) in [6.45, 7) is 1.93. The maximum atomic E-state index is 11.8. The Morgan fingerprint density at radius 1 is 1.12 bits per heavy atom. The Labute approximate surface area is 144 Å². The van der Waals surface area contributed by atoms with Crippen LogP contribution in [0.15, 0.2) is 62.6 Å². The molecule has 0 fully saturated rings. The Morgan fingerprint density at radius 2 is 1.92 bits per heavy atom. The molecule has 4 rings (SSSR count). The molecule has 0 saturated heterocycles. The average molecular weight is 338 g/mol. The number of aliphatic hydroxyl groups excluding tert-OH is 1. The van der Waals surface area contributed by atoms with Crippen LogP contribution in [0, 0.1) is 6.92 Å². The second-order valence-electron chi connectivity index (χ2n) is 6.27. The van der Waals surface area contributed by atoms with Gasteiger partial charge in [-0.1, -0.05) is 30.3 Å². The number of thioether (sulfide) groups is 1. The van der Waals surface area contributed by atoms with E-state index in [0.29, 0.717) is 18.4 Å². The molecule has 2 aromatic carbocycles. The summed E-state index contributed by atoms with van der Waals surface area (Å²) in [4.78, 5) is 12.9. The summed E-state index contributed by atoms with van der Waals surface area (Å²) < 4.78 is 5.53. The van der Waals surface area contributed by atoms with Crippen molar-refractivity contribution >= 4 is 22.7 Å². The Hall–Kier alpha value is -2.04. The van der Waals surface area contributed by atoms with Crippen LogP contribution in [0.4, 0.5) is 0 Å². The van der Waals surface area contributed by atoms with Crippen molar-refractivity contribution in [2.45, 2.75) is 36.0 Å². The van der Waals surface area contributed by atoms with Crippen molar-refractivity contribution in [3.8, 4) is 0 Å². The van der Waals surface area contributed by atoms with Crippen LogP contribution in [0.2, 0.25) is 0 Å². The van der Waals surface area contributed by atoms with E-state index in [1.54, 1.807) is 11.8 Å². The summed E-state index contributed by atoms with van der Waals surface area (Å²) in [7, 11) is 0. The Bertz CT molecular complexity index is 946. The molecular weight excluding hydrogens is 320 g/mol. The number of aryl methyl sites for hydroxylation is 1. The molecule has 0 radical (unpaired) electrons. The third-order valence-electron chi connectivity index (χ3n) is 4.61. The maximum absolute atomic E-state index is 11.8. The van der Waals surface area contributed by atoms with Gasteiger partial charge in [-0.25, -0.2) is 4.79 Å². The third-order valence-corrected chi connectivity index (χ3v) is 5.94. The first-order valence-electron chi connectivity index (χ1n) is 8.07. The number of aliphatic hydroxyl groups is 1. The first-order valence-corrected chi connectivity index (χ1v) is 8.95. The van der Waals surface area contributed by atoms with Crippen LogP contribution in [-0.4, -0.2) is 16.5 Å². The molecule has 3 nitrogen and oxygen atoms in total. The number of hydrogen-bond acceptors (Lipinski definition) is 4. The van der Waals surface area contributed by atoms with Crippen LogP contribution in [0.25, 0.3) is 11.0 Å². The van der Waals surface area contributed by atoms with Crippen molar-refractivity contribution < 1.29 is 9.52 Å². The Balaban J connectivity index is 1.77. The zero-order chi connectivity index (χ0) is 16.7. The zero-order valence-electron chi connectivity index (χ0n) is 13.4. The van der Waals surface area contributed by atoms with Gasteiger partial charge in [-0.2, -0.15) is 0 Å². The molecule has 1 aliphatic carbocycles. The van der Waals surface area contributed by atoms with E-state index in [2.05, 4.69) is 18.2 Å². The minimum atomic E-state index is -0.406. The molecule has 1 heterocycles. The first kappa shape index (κ1) is 15.5. The van der Waals surface area contributed by atoms with Gasteiger partial charge in [0.2, 0.25) is 0 Å². The largest absolute Gasteiger partial charge is 0.422 e. The summed E-state index contributed by atoms with van der Waals surface area (Å²) in [5.41, 5.74) is 3.44. The topological polar surface area (TPSA) is 50.4 Å². The Kier molecular flexibility index (Phi) is 3.94. The quantitative estimate of drug-likeness (QED) is 0.724. The highest BCUT2D eigenvalue weighted by atomic mass is 32.2. The molecule has 24 heavy (non-hydrogen) atoms.